The van der Waals surface area contributed by atoms with E-state index in [1.165, 1.54) is 4.90 Å². The Balaban J connectivity index is 2.05. The molecule has 0 unspecified atom stereocenters. The average molecular weight is 374 g/mol. The van der Waals surface area contributed by atoms with E-state index in [0.717, 1.165) is 12.8 Å². The molecule has 1 N–H and O–H groups in total. The SMILES string of the molecule is C=CCOc1ccc(C(=O)N2CCNC(=O)[C@@H]2CC(=O)OCCCC)cc1. The lowest BCUT2D eigenvalue weighted by Crippen LogP contribution is -2.57. The molecule has 1 saturated heterocycles. The van der Waals surface area contributed by atoms with Gasteiger partial charge in [-0.15, -0.1) is 0 Å². The summed E-state index contributed by atoms with van der Waals surface area (Å²) in [4.78, 5) is 38.5. The van der Waals surface area contributed by atoms with Crippen molar-refractivity contribution < 1.29 is 23.9 Å². The number of amides is 2. The summed E-state index contributed by atoms with van der Waals surface area (Å²) >= 11 is 0. The van der Waals surface area contributed by atoms with E-state index in [2.05, 4.69) is 11.9 Å². The number of nitrogens with one attached hydrogen (secondary N) is 1. The second-order valence-corrected chi connectivity index (χ2v) is 6.21. The largest absolute Gasteiger partial charge is 0.490 e. The summed E-state index contributed by atoms with van der Waals surface area (Å²) in [5.74, 6) is -0.491. The molecule has 7 nitrogen and oxygen atoms in total. The first kappa shape index (κ1) is 20.5. The Morgan fingerprint density at radius 1 is 1.33 bits per heavy atom. The van der Waals surface area contributed by atoms with Crippen LogP contribution in [0.1, 0.15) is 36.5 Å². The fourth-order valence-corrected chi connectivity index (χ4v) is 2.72. The highest BCUT2D eigenvalue weighted by Gasteiger charge is 2.35. The van der Waals surface area contributed by atoms with Crippen LogP contribution in [0.15, 0.2) is 36.9 Å². The Bertz CT molecular complexity index is 671. The van der Waals surface area contributed by atoms with Crippen molar-refractivity contribution in [3.63, 3.8) is 0 Å². The lowest BCUT2D eigenvalue weighted by atomic mass is 10.1. The molecule has 2 rings (SSSR count). The van der Waals surface area contributed by atoms with Gasteiger partial charge in [-0.1, -0.05) is 26.0 Å². The second-order valence-electron chi connectivity index (χ2n) is 6.21. The van der Waals surface area contributed by atoms with Crippen LogP contribution in [0.5, 0.6) is 5.75 Å². The maximum absolute atomic E-state index is 12.9. The molecule has 0 radical (unpaired) electrons. The van der Waals surface area contributed by atoms with Gasteiger partial charge in [0.25, 0.3) is 5.91 Å². The van der Waals surface area contributed by atoms with Gasteiger partial charge in [-0.25, -0.2) is 0 Å². The first-order chi connectivity index (χ1) is 13.1. The Kier molecular flexibility index (Phi) is 7.85. The fraction of sp³-hybridized carbons (Fsp3) is 0.450. The minimum atomic E-state index is -0.864. The minimum absolute atomic E-state index is 0.151. The molecule has 1 fully saturated rings. The number of ether oxygens (including phenoxy) is 2. The quantitative estimate of drug-likeness (QED) is 0.406. The number of benzene rings is 1. The number of nitrogens with zero attached hydrogens (tertiary/aromatic N) is 1. The van der Waals surface area contributed by atoms with Crippen LogP contribution in [0.4, 0.5) is 0 Å². The molecule has 7 heteroatoms. The monoisotopic (exact) mass is 374 g/mol. The summed E-state index contributed by atoms with van der Waals surface area (Å²) in [6.07, 6.45) is 3.16. The van der Waals surface area contributed by atoms with E-state index in [1.807, 2.05) is 6.92 Å². The van der Waals surface area contributed by atoms with Crippen molar-refractivity contribution in [1.29, 1.82) is 0 Å². The Hall–Kier alpha value is -2.83. The van der Waals surface area contributed by atoms with Crippen LogP contribution in [-0.2, 0) is 14.3 Å². The Morgan fingerprint density at radius 2 is 2.07 bits per heavy atom. The molecule has 0 aliphatic carbocycles. The summed E-state index contributed by atoms with van der Waals surface area (Å²) in [7, 11) is 0. The molecule has 1 aromatic rings. The summed E-state index contributed by atoms with van der Waals surface area (Å²) in [5, 5.41) is 2.70. The third-order valence-electron chi connectivity index (χ3n) is 4.18. The van der Waals surface area contributed by atoms with Gasteiger partial charge in [0, 0.05) is 18.7 Å². The Morgan fingerprint density at radius 3 is 2.74 bits per heavy atom. The van der Waals surface area contributed by atoms with Crippen molar-refractivity contribution in [2.24, 2.45) is 0 Å². The predicted octanol–water partition coefficient (Wildman–Crippen LogP) is 1.93. The van der Waals surface area contributed by atoms with Gasteiger partial charge in [-0.05, 0) is 30.7 Å². The average Bonchev–Trinajstić information content (AvgIpc) is 2.68. The topological polar surface area (TPSA) is 84.9 Å². The molecule has 27 heavy (non-hydrogen) atoms. The number of esters is 1. The fourth-order valence-electron chi connectivity index (χ4n) is 2.72. The number of hydrogen-bond acceptors (Lipinski definition) is 5. The molecule has 0 spiro atoms. The lowest BCUT2D eigenvalue weighted by Gasteiger charge is -2.34. The number of rotatable bonds is 9. The highest BCUT2D eigenvalue weighted by atomic mass is 16.5. The summed E-state index contributed by atoms with van der Waals surface area (Å²) in [6, 6.07) is 5.80. The van der Waals surface area contributed by atoms with Crippen LogP contribution in [0.2, 0.25) is 0 Å². The van der Waals surface area contributed by atoms with Gasteiger partial charge in [0.05, 0.1) is 13.0 Å². The van der Waals surface area contributed by atoms with Crippen LogP contribution >= 0.6 is 0 Å². The number of carbonyl (C=O) groups is 3. The maximum Gasteiger partial charge on any atom is 0.308 e. The second kappa shape index (κ2) is 10.4. The molecule has 0 aromatic heterocycles. The van der Waals surface area contributed by atoms with Gasteiger partial charge in [-0.3, -0.25) is 14.4 Å². The molecular weight excluding hydrogens is 348 g/mol. The van der Waals surface area contributed by atoms with Crippen LogP contribution in [-0.4, -0.2) is 55.0 Å². The van der Waals surface area contributed by atoms with Crippen LogP contribution < -0.4 is 10.1 Å². The van der Waals surface area contributed by atoms with E-state index < -0.39 is 12.0 Å². The molecule has 2 amide bonds. The van der Waals surface area contributed by atoms with Crippen molar-refractivity contribution in [3.05, 3.63) is 42.5 Å². The van der Waals surface area contributed by atoms with Crippen LogP contribution in [0, 0.1) is 0 Å². The molecule has 1 heterocycles. The zero-order valence-corrected chi connectivity index (χ0v) is 15.6. The van der Waals surface area contributed by atoms with Crippen LogP contribution in [0.25, 0.3) is 0 Å². The maximum atomic E-state index is 12.9. The number of unbranched alkanes of at least 4 members (excludes halogenated alkanes) is 1. The lowest BCUT2D eigenvalue weighted by molar-refractivity contribution is -0.147. The smallest absolute Gasteiger partial charge is 0.308 e. The highest BCUT2D eigenvalue weighted by Crippen LogP contribution is 2.18. The predicted molar refractivity (Wildman–Crippen MR) is 100 cm³/mol. The van der Waals surface area contributed by atoms with E-state index in [4.69, 9.17) is 9.47 Å². The third-order valence-corrected chi connectivity index (χ3v) is 4.18. The Labute approximate surface area is 159 Å². The highest BCUT2D eigenvalue weighted by molar-refractivity contribution is 5.99. The minimum Gasteiger partial charge on any atom is -0.490 e. The van der Waals surface area contributed by atoms with E-state index in [0.29, 0.717) is 37.6 Å². The summed E-state index contributed by atoms with van der Waals surface area (Å²) in [5.41, 5.74) is 0.431. The van der Waals surface area contributed by atoms with Gasteiger partial charge in [0.15, 0.2) is 0 Å². The van der Waals surface area contributed by atoms with Crippen molar-refractivity contribution in [1.82, 2.24) is 10.2 Å². The number of carbonyl (C=O) groups excluding carboxylic acids is 3. The summed E-state index contributed by atoms with van der Waals surface area (Å²) in [6.45, 7) is 6.97. The van der Waals surface area contributed by atoms with Gasteiger partial charge in [0.1, 0.15) is 18.4 Å². The number of hydrogen-bond donors (Lipinski definition) is 1. The first-order valence-corrected chi connectivity index (χ1v) is 9.15. The molecule has 0 bridgehead atoms. The molecule has 1 aliphatic rings. The molecule has 1 aromatic carbocycles. The molecular formula is C20H26N2O5. The molecule has 1 aliphatic heterocycles. The molecule has 0 saturated carbocycles. The van der Waals surface area contributed by atoms with Crippen molar-refractivity contribution >= 4 is 17.8 Å². The van der Waals surface area contributed by atoms with E-state index in [1.54, 1.807) is 30.3 Å². The third kappa shape index (κ3) is 5.84. The van der Waals surface area contributed by atoms with Crippen molar-refractivity contribution in [3.8, 4) is 5.75 Å². The summed E-state index contributed by atoms with van der Waals surface area (Å²) < 4.78 is 10.5. The standard InChI is InChI=1S/C20H26N2O5/c1-3-5-13-27-18(23)14-17-19(24)21-10-11-22(17)20(25)15-6-8-16(9-7-15)26-12-4-2/h4,6-9,17H,2-3,5,10-14H2,1H3,(H,21,24)/t17-/m0/s1. The molecule has 146 valence electrons. The van der Waals surface area contributed by atoms with E-state index in [9.17, 15) is 14.4 Å². The van der Waals surface area contributed by atoms with Crippen molar-refractivity contribution in [2.75, 3.05) is 26.3 Å². The normalized spacial score (nSPS) is 16.4. The molecule has 1 atom stereocenters. The van der Waals surface area contributed by atoms with Gasteiger partial charge >= 0.3 is 5.97 Å². The van der Waals surface area contributed by atoms with Gasteiger partial charge in [0.2, 0.25) is 5.91 Å². The zero-order valence-electron chi connectivity index (χ0n) is 15.6. The van der Waals surface area contributed by atoms with Crippen molar-refractivity contribution in [2.45, 2.75) is 32.2 Å². The van der Waals surface area contributed by atoms with Crippen LogP contribution in [0.3, 0.4) is 0 Å². The number of piperazine rings is 1. The first-order valence-electron chi connectivity index (χ1n) is 9.15. The zero-order chi connectivity index (χ0) is 19.6. The van der Waals surface area contributed by atoms with Gasteiger partial charge < -0.3 is 19.7 Å². The van der Waals surface area contributed by atoms with Gasteiger partial charge in [-0.2, -0.15) is 0 Å². The van der Waals surface area contributed by atoms with E-state index in [-0.39, 0.29) is 18.2 Å². The van der Waals surface area contributed by atoms with E-state index >= 15 is 0 Å².